The van der Waals surface area contributed by atoms with Crippen LogP contribution in [0.5, 0.6) is 0 Å². The highest BCUT2D eigenvalue weighted by atomic mass is 14.9. The van der Waals surface area contributed by atoms with Crippen molar-refractivity contribution in [3.05, 3.63) is 0 Å². The summed E-state index contributed by atoms with van der Waals surface area (Å²) < 4.78 is 0. The summed E-state index contributed by atoms with van der Waals surface area (Å²) in [7, 11) is 0. The first-order chi connectivity index (χ1) is 7.92. The summed E-state index contributed by atoms with van der Waals surface area (Å²) in [5.41, 5.74) is 0.276. The summed E-state index contributed by atoms with van der Waals surface area (Å²) in [6, 6.07) is 0. The van der Waals surface area contributed by atoms with E-state index in [1.807, 2.05) is 0 Å². The fourth-order valence-electron chi connectivity index (χ4n) is 3.13. The van der Waals surface area contributed by atoms with Gasteiger partial charge in [0, 0.05) is 5.54 Å². The molecule has 1 aliphatic rings. The molecule has 3 unspecified atom stereocenters. The van der Waals surface area contributed by atoms with Crippen molar-refractivity contribution in [1.82, 2.24) is 5.32 Å². The average molecular weight is 239 g/mol. The van der Waals surface area contributed by atoms with Gasteiger partial charge < -0.3 is 5.32 Å². The van der Waals surface area contributed by atoms with Crippen LogP contribution in [0.25, 0.3) is 0 Å². The van der Waals surface area contributed by atoms with Gasteiger partial charge >= 0.3 is 0 Å². The first-order valence-corrected chi connectivity index (χ1v) is 7.67. The Kier molecular flexibility index (Phi) is 5.99. The van der Waals surface area contributed by atoms with Gasteiger partial charge in [0.1, 0.15) is 0 Å². The molecule has 1 N–H and O–H groups in total. The minimum absolute atomic E-state index is 0.276. The summed E-state index contributed by atoms with van der Waals surface area (Å²) >= 11 is 0. The van der Waals surface area contributed by atoms with Gasteiger partial charge in [-0.15, -0.1) is 0 Å². The second-order valence-electron chi connectivity index (χ2n) is 7.14. The maximum absolute atomic E-state index is 3.62. The molecule has 0 aliphatic heterocycles. The number of nitrogens with one attached hydrogen (secondary N) is 1. The third kappa shape index (κ3) is 5.90. The minimum Gasteiger partial charge on any atom is -0.312 e. The summed E-state index contributed by atoms with van der Waals surface area (Å²) in [6.45, 7) is 12.8. The Morgan fingerprint density at radius 2 is 1.94 bits per heavy atom. The molecule has 0 aromatic rings. The summed E-state index contributed by atoms with van der Waals surface area (Å²) in [5, 5.41) is 3.62. The van der Waals surface area contributed by atoms with E-state index < -0.39 is 0 Å². The van der Waals surface area contributed by atoms with Gasteiger partial charge in [0.2, 0.25) is 0 Å². The minimum atomic E-state index is 0.276. The summed E-state index contributed by atoms with van der Waals surface area (Å²) in [5.74, 6) is 2.92. The van der Waals surface area contributed by atoms with Crippen LogP contribution in [0, 0.1) is 17.8 Å². The van der Waals surface area contributed by atoms with Gasteiger partial charge in [-0.25, -0.2) is 0 Å². The largest absolute Gasteiger partial charge is 0.312 e. The molecule has 3 atom stereocenters. The molecule has 1 aliphatic carbocycles. The monoisotopic (exact) mass is 239 g/mol. The molecule has 0 amide bonds. The molecular formula is C16H33N. The summed E-state index contributed by atoms with van der Waals surface area (Å²) in [4.78, 5) is 0. The zero-order valence-electron chi connectivity index (χ0n) is 12.7. The van der Waals surface area contributed by atoms with Crippen molar-refractivity contribution >= 4 is 0 Å². The van der Waals surface area contributed by atoms with Crippen LogP contribution in [-0.4, -0.2) is 12.1 Å². The van der Waals surface area contributed by atoms with E-state index in [1.54, 1.807) is 0 Å². The lowest BCUT2D eigenvalue weighted by atomic mass is 9.74. The van der Waals surface area contributed by atoms with Crippen LogP contribution in [0.1, 0.15) is 73.1 Å². The standard InChI is InChI=1S/C16H33N/c1-6-14-8-7-9-15(12-14)13(2)10-11-17-16(3,4)5/h13-15,17H,6-12H2,1-5H3. The predicted octanol–water partition coefficient (Wildman–Crippen LogP) is 4.62. The topological polar surface area (TPSA) is 12.0 Å². The van der Waals surface area contributed by atoms with E-state index in [1.165, 1.54) is 45.1 Å². The number of hydrogen-bond acceptors (Lipinski definition) is 1. The second-order valence-corrected chi connectivity index (χ2v) is 7.14. The van der Waals surface area contributed by atoms with Gasteiger partial charge in [-0.2, -0.15) is 0 Å². The lowest BCUT2D eigenvalue weighted by molar-refractivity contribution is 0.191. The van der Waals surface area contributed by atoms with Crippen LogP contribution in [0.4, 0.5) is 0 Å². The molecule has 1 heteroatoms. The molecule has 17 heavy (non-hydrogen) atoms. The molecule has 0 radical (unpaired) electrons. The zero-order chi connectivity index (χ0) is 12.9. The Labute approximate surface area is 109 Å². The van der Waals surface area contributed by atoms with Gasteiger partial charge in [-0.3, -0.25) is 0 Å². The van der Waals surface area contributed by atoms with Crippen molar-refractivity contribution in [3.8, 4) is 0 Å². The number of hydrogen-bond donors (Lipinski definition) is 1. The van der Waals surface area contributed by atoms with Crippen LogP contribution >= 0.6 is 0 Å². The molecule has 0 spiro atoms. The maximum atomic E-state index is 3.62. The first-order valence-electron chi connectivity index (χ1n) is 7.67. The fraction of sp³-hybridized carbons (Fsp3) is 1.00. The van der Waals surface area contributed by atoms with Crippen LogP contribution in [-0.2, 0) is 0 Å². The van der Waals surface area contributed by atoms with Crippen molar-refractivity contribution in [2.45, 2.75) is 78.7 Å². The highest BCUT2D eigenvalue weighted by molar-refractivity contribution is 4.78. The quantitative estimate of drug-likeness (QED) is 0.738. The third-order valence-electron chi connectivity index (χ3n) is 4.46. The molecule has 0 aromatic heterocycles. The van der Waals surface area contributed by atoms with Crippen LogP contribution in [0.2, 0.25) is 0 Å². The Morgan fingerprint density at radius 1 is 1.24 bits per heavy atom. The summed E-state index contributed by atoms with van der Waals surface area (Å²) in [6.07, 6.45) is 8.67. The lowest BCUT2D eigenvalue weighted by Crippen LogP contribution is -2.37. The first kappa shape index (κ1) is 15.0. The highest BCUT2D eigenvalue weighted by Gasteiger charge is 2.25. The van der Waals surface area contributed by atoms with E-state index >= 15 is 0 Å². The van der Waals surface area contributed by atoms with Crippen molar-refractivity contribution in [2.75, 3.05) is 6.54 Å². The Bertz CT molecular complexity index is 204. The Hall–Kier alpha value is -0.0400. The zero-order valence-corrected chi connectivity index (χ0v) is 12.7. The molecule has 1 nitrogen and oxygen atoms in total. The maximum Gasteiger partial charge on any atom is 0.00965 e. The Balaban J connectivity index is 2.24. The molecule has 0 heterocycles. The van der Waals surface area contributed by atoms with E-state index in [0.29, 0.717) is 0 Å². The molecule has 0 bridgehead atoms. The van der Waals surface area contributed by atoms with Crippen molar-refractivity contribution < 1.29 is 0 Å². The molecule has 1 fully saturated rings. The van der Waals surface area contributed by atoms with Crippen molar-refractivity contribution in [3.63, 3.8) is 0 Å². The predicted molar refractivity (Wildman–Crippen MR) is 77.3 cm³/mol. The second kappa shape index (κ2) is 6.78. The molecule has 0 saturated heterocycles. The van der Waals surface area contributed by atoms with E-state index in [-0.39, 0.29) is 5.54 Å². The van der Waals surface area contributed by atoms with Gasteiger partial charge in [0.05, 0.1) is 0 Å². The Morgan fingerprint density at radius 3 is 2.53 bits per heavy atom. The van der Waals surface area contributed by atoms with Gasteiger partial charge in [-0.1, -0.05) is 39.5 Å². The van der Waals surface area contributed by atoms with Crippen LogP contribution in [0.3, 0.4) is 0 Å². The smallest absolute Gasteiger partial charge is 0.00965 e. The van der Waals surface area contributed by atoms with Crippen LogP contribution < -0.4 is 5.32 Å². The van der Waals surface area contributed by atoms with E-state index in [2.05, 4.69) is 39.9 Å². The van der Waals surface area contributed by atoms with Gasteiger partial charge in [0.15, 0.2) is 0 Å². The molecule has 0 aromatic carbocycles. The van der Waals surface area contributed by atoms with E-state index in [4.69, 9.17) is 0 Å². The van der Waals surface area contributed by atoms with Gasteiger partial charge in [-0.05, 0) is 57.9 Å². The van der Waals surface area contributed by atoms with E-state index in [0.717, 1.165) is 17.8 Å². The number of rotatable bonds is 5. The van der Waals surface area contributed by atoms with E-state index in [9.17, 15) is 0 Å². The molecule has 1 rings (SSSR count). The third-order valence-corrected chi connectivity index (χ3v) is 4.46. The highest BCUT2D eigenvalue weighted by Crippen LogP contribution is 2.36. The lowest BCUT2D eigenvalue weighted by Gasteiger charge is -2.33. The van der Waals surface area contributed by atoms with Crippen LogP contribution in [0.15, 0.2) is 0 Å². The normalized spacial score (nSPS) is 28.1. The fourth-order valence-corrected chi connectivity index (χ4v) is 3.13. The average Bonchev–Trinajstić information content (AvgIpc) is 2.27. The van der Waals surface area contributed by atoms with Crippen molar-refractivity contribution in [2.24, 2.45) is 17.8 Å². The SMILES string of the molecule is CCC1CCCC(C(C)CCNC(C)(C)C)C1. The molecule has 102 valence electrons. The molecular weight excluding hydrogens is 206 g/mol. The molecule has 1 saturated carbocycles. The van der Waals surface area contributed by atoms with Gasteiger partial charge in [0.25, 0.3) is 0 Å². The van der Waals surface area contributed by atoms with Crippen molar-refractivity contribution in [1.29, 1.82) is 0 Å².